The van der Waals surface area contributed by atoms with E-state index in [-0.39, 0.29) is 17.8 Å². The van der Waals surface area contributed by atoms with Crippen LogP contribution in [0.4, 0.5) is 14.0 Å². The second-order valence-corrected chi connectivity index (χ2v) is 15.6. The lowest BCUT2D eigenvalue weighted by Gasteiger charge is -2.36. The fraction of sp³-hybridized carbons (Fsp3) is 0.458. The van der Waals surface area contributed by atoms with E-state index in [2.05, 4.69) is 40.5 Å². The van der Waals surface area contributed by atoms with Gasteiger partial charge in [0.25, 0.3) is 0 Å². The minimum Gasteiger partial charge on any atom is -0.494 e. The third-order valence-corrected chi connectivity index (χ3v) is 11.4. The maximum Gasteiger partial charge on any atom is 0.424 e. The lowest BCUT2D eigenvalue weighted by molar-refractivity contribution is 0.135. The molecule has 0 unspecified atom stereocenters. The first-order chi connectivity index (χ1) is 30.1. The molecule has 5 aromatic rings. The molecular weight excluding hydrogens is 790 g/mol. The maximum atomic E-state index is 13.9. The van der Waals surface area contributed by atoms with Crippen molar-refractivity contribution >= 4 is 12.1 Å². The summed E-state index contributed by atoms with van der Waals surface area (Å²) >= 11 is 0. The van der Waals surface area contributed by atoms with Crippen LogP contribution in [0.15, 0.2) is 91.8 Å². The highest BCUT2D eigenvalue weighted by molar-refractivity contribution is 5.78. The number of carbonyl (C=O) groups excluding carboxylic acids is 2. The predicted molar refractivity (Wildman–Crippen MR) is 241 cm³/mol. The van der Waals surface area contributed by atoms with Crippen LogP contribution in [-0.2, 0) is 0 Å². The normalized spacial score (nSPS) is 14.8. The van der Waals surface area contributed by atoms with Crippen molar-refractivity contribution in [3.8, 4) is 45.5 Å². The van der Waals surface area contributed by atoms with Gasteiger partial charge in [-0.15, -0.1) is 0 Å². The number of methoxy groups -OCH3 is 3. The molecule has 0 saturated carbocycles. The van der Waals surface area contributed by atoms with Gasteiger partial charge in [-0.3, -0.25) is 4.57 Å². The smallest absolute Gasteiger partial charge is 0.424 e. The topological polar surface area (TPSA) is 116 Å². The second-order valence-electron chi connectivity index (χ2n) is 15.6. The average molecular weight is 854 g/mol. The van der Waals surface area contributed by atoms with Gasteiger partial charge in [0, 0.05) is 49.7 Å². The number of hydrogen-bond acceptors (Lipinski definition) is 10. The van der Waals surface area contributed by atoms with Crippen molar-refractivity contribution in [2.75, 3.05) is 67.6 Å². The number of benzene rings is 3. The summed E-state index contributed by atoms with van der Waals surface area (Å²) in [5.74, 6) is 2.46. The van der Waals surface area contributed by atoms with Gasteiger partial charge in [-0.1, -0.05) is 45.4 Å². The molecule has 2 aliphatic rings. The summed E-state index contributed by atoms with van der Waals surface area (Å²) in [5.41, 5.74) is 2.59. The number of likely N-dealkylation sites (tertiary alicyclic amines) is 2. The Hall–Kier alpha value is -5.73. The first kappa shape index (κ1) is 47.3. The molecule has 14 heteroatoms. The number of amides is 1. The zero-order valence-corrected chi connectivity index (χ0v) is 37.5. The van der Waals surface area contributed by atoms with E-state index in [4.69, 9.17) is 18.9 Å². The fourth-order valence-corrected chi connectivity index (χ4v) is 7.73. The molecule has 0 spiro atoms. The molecule has 1 amide bonds. The molecule has 13 nitrogen and oxygen atoms in total. The molecule has 4 heterocycles. The zero-order valence-electron chi connectivity index (χ0n) is 37.5. The third-order valence-electron chi connectivity index (χ3n) is 11.4. The number of piperidine rings is 2. The summed E-state index contributed by atoms with van der Waals surface area (Å²) in [6, 6.07) is 19.1. The number of rotatable bonds is 12. The molecule has 2 saturated heterocycles. The van der Waals surface area contributed by atoms with Gasteiger partial charge in [0.1, 0.15) is 18.4 Å². The highest BCUT2D eigenvalue weighted by Gasteiger charge is 2.26. The predicted octanol–water partition coefficient (Wildman–Crippen LogP) is 9.60. The molecule has 3 aromatic carbocycles. The van der Waals surface area contributed by atoms with Gasteiger partial charge >= 0.3 is 12.1 Å². The van der Waals surface area contributed by atoms with Gasteiger partial charge < -0.3 is 33.6 Å². The van der Waals surface area contributed by atoms with Crippen LogP contribution in [-0.4, -0.2) is 120 Å². The lowest BCUT2D eigenvalue weighted by Crippen LogP contribution is -2.46. The summed E-state index contributed by atoms with van der Waals surface area (Å²) in [7, 11) is 6.41. The summed E-state index contributed by atoms with van der Waals surface area (Å²) in [6.07, 6.45) is 14.3. The van der Waals surface area contributed by atoms with Gasteiger partial charge in [-0.05, 0) is 119 Å². The first-order valence-electron chi connectivity index (χ1n) is 21.7. The van der Waals surface area contributed by atoms with Crippen LogP contribution in [0.5, 0.6) is 23.0 Å². The third kappa shape index (κ3) is 13.1. The molecule has 62 heavy (non-hydrogen) atoms. The molecule has 0 aliphatic carbocycles. The number of halogens is 1. The zero-order chi connectivity index (χ0) is 44.4. The van der Waals surface area contributed by atoms with Crippen molar-refractivity contribution in [1.29, 1.82) is 0 Å². The van der Waals surface area contributed by atoms with Crippen LogP contribution in [0.3, 0.4) is 0 Å². The number of nitrogens with zero attached hydrogens (tertiary/aromatic N) is 7. The number of imidazole rings is 2. The van der Waals surface area contributed by atoms with E-state index in [1.54, 1.807) is 80.0 Å². The average Bonchev–Trinajstić information content (AvgIpc) is 4.02. The summed E-state index contributed by atoms with van der Waals surface area (Å²) in [4.78, 5) is 40.3. The Morgan fingerprint density at radius 3 is 1.77 bits per heavy atom. The van der Waals surface area contributed by atoms with Crippen molar-refractivity contribution in [2.45, 2.75) is 71.8 Å². The van der Waals surface area contributed by atoms with Crippen molar-refractivity contribution in [3.05, 3.63) is 97.6 Å². The molecule has 2 fully saturated rings. The monoisotopic (exact) mass is 853 g/mol. The Bertz CT molecular complexity index is 2130. The molecular formula is C48H64FN7O6. The van der Waals surface area contributed by atoms with Crippen molar-refractivity contribution in [2.24, 2.45) is 5.92 Å². The molecule has 2 aliphatic heterocycles. The van der Waals surface area contributed by atoms with Gasteiger partial charge in [0.05, 0.1) is 32.7 Å². The SMILES string of the molecule is CCCN1CCC(CC)CC1.CCCN1CCC(N(C)C(=O)n2cnc(-c3ccc(OC)c(F)c3)c2)CC1.COc1ccc(-c2cn(C(=O)Oc3ccccc3)cn2)cc1OC. The molecule has 2 aromatic heterocycles. The Kier molecular flexibility index (Phi) is 18.4. The number of hydrogen-bond donors (Lipinski definition) is 0. The molecule has 334 valence electrons. The lowest BCUT2D eigenvalue weighted by atomic mass is 9.94. The number of ether oxygens (including phenoxy) is 4. The minimum absolute atomic E-state index is 0.114. The Morgan fingerprint density at radius 2 is 1.23 bits per heavy atom. The Labute approximate surface area is 366 Å². The highest BCUT2D eigenvalue weighted by atomic mass is 19.1. The van der Waals surface area contributed by atoms with Crippen LogP contribution >= 0.6 is 0 Å². The van der Waals surface area contributed by atoms with E-state index in [9.17, 15) is 14.0 Å². The maximum absolute atomic E-state index is 13.9. The van der Waals surface area contributed by atoms with Crippen molar-refractivity contribution in [1.82, 2.24) is 33.8 Å². The van der Waals surface area contributed by atoms with Gasteiger partial charge in [0.15, 0.2) is 23.1 Å². The Balaban J connectivity index is 0.000000190. The fourth-order valence-electron chi connectivity index (χ4n) is 7.73. The Morgan fingerprint density at radius 1 is 0.694 bits per heavy atom. The van der Waals surface area contributed by atoms with E-state index in [1.165, 1.54) is 80.3 Å². The van der Waals surface area contributed by atoms with Gasteiger partial charge in [-0.2, -0.15) is 0 Å². The first-order valence-corrected chi connectivity index (χ1v) is 21.7. The molecule has 0 radical (unpaired) electrons. The van der Waals surface area contributed by atoms with E-state index >= 15 is 0 Å². The van der Waals surface area contributed by atoms with Crippen LogP contribution in [0.1, 0.15) is 65.7 Å². The standard InChI is InChI=1S/C20H27FN4O2.C18H16N2O4.C10H21N/c1-4-9-24-10-7-16(8-11-24)23(2)20(26)25-13-18(22-14-25)15-5-6-19(27-3)17(21)12-15;1-22-16-9-8-13(10-17(16)23-2)15-11-20(12-19-15)18(21)24-14-6-4-3-5-7-14;1-3-7-11-8-5-10(4-2)6-9-11/h5-6,12-14,16H,4,7-11H2,1-3H3;3-12H,1-2H3;10H,3-9H2,1-2H3. The highest BCUT2D eigenvalue weighted by Crippen LogP contribution is 2.32. The summed E-state index contributed by atoms with van der Waals surface area (Å²) in [6.45, 7) is 14.0. The quantitative estimate of drug-likeness (QED) is 0.120. The molecule has 0 N–H and O–H groups in total. The van der Waals surface area contributed by atoms with Crippen LogP contribution in [0.25, 0.3) is 22.5 Å². The van der Waals surface area contributed by atoms with Gasteiger partial charge in [0.2, 0.25) is 0 Å². The van der Waals surface area contributed by atoms with Crippen LogP contribution in [0, 0.1) is 11.7 Å². The molecule has 0 bridgehead atoms. The summed E-state index contributed by atoms with van der Waals surface area (Å²) < 4.78 is 37.4. The van der Waals surface area contributed by atoms with Crippen molar-refractivity contribution < 1.29 is 32.9 Å². The van der Waals surface area contributed by atoms with Crippen molar-refractivity contribution in [3.63, 3.8) is 0 Å². The molecule has 0 atom stereocenters. The largest absolute Gasteiger partial charge is 0.494 e. The van der Waals surface area contributed by atoms with E-state index in [1.807, 2.05) is 19.2 Å². The van der Waals surface area contributed by atoms with E-state index in [0.717, 1.165) is 50.4 Å². The number of aromatic nitrogens is 4. The number of para-hydroxylation sites is 1. The second kappa shape index (κ2) is 24.1. The van der Waals surface area contributed by atoms with Crippen LogP contribution in [0.2, 0.25) is 0 Å². The van der Waals surface area contributed by atoms with Crippen LogP contribution < -0.4 is 18.9 Å². The van der Waals surface area contributed by atoms with E-state index < -0.39 is 11.9 Å². The van der Waals surface area contributed by atoms with E-state index in [0.29, 0.717) is 34.2 Å². The number of carbonyl (C=O) groups is 2. The molecule has 7 rings (SSSR count). The minimum atomic E-state index is -0.527. The summed E-state index contributed by atoms with van der Waals surface area (Å²) in [5, 5.41) is 0. The van der Waals surface area contributed by atoms with Gasteiger partial charge in [-0.25, -0.2) is 28.5 Å².